The molecular weight excluding hydrogens is 124 g/mol. The Morgan fingerprint density at radius 2 is 1.67 bits per heavy atom. The van der Waals surface area contributed by atoms with Crippen LogP contribution >= 0.6 is 0 Å². The van der Waals surface area contributed by atoms with Gasteiger partial charge in [-0.3, -0.25) is 0 Å². The average molecular weight is 128 g/mol. The Morgan fingerprint density at radius 1 is 1.33 bits per heavy atom. The van der Waals surface area contributed by atoms with Crippen LogP contribution < -0.4 is 11.5 Å². The molecule has 48 valence electrons. The summed E-state index contributed by atoms with van der Waals surface area (Å²) >= 11 is 0. The van der Waals surface area contributed by atoms with E-state index in [1.165, 1.54) is 6.19 Å². The third-order valence-electron chi connectivity index (χ3n) is 0.541. The number of nitriles is 1. The highest BCUT2D eigenvalue weighted by Gasteiger charge is 2.13. The highest BCUT2D eigenvalue weighted by Crippen LogP contribution is 1.80. The van der Waals surface area contributed by atoms with E-state index in [-0.39, 0.29) is 4.90 Å². The summed E-state index contributed by atoms with van der Waals surface area (Å²) in [4.78, 5) is 20.0. The van der Waals surface area contributed by atoms with Gasteiger partial charge >= 0.3 is 12.1 Å². The summed E-state index contributed by atoms with van der Waals surface area (Å²) < 4.78 is 0. The third kappa shape index (κ3) is 1.65. The molecule has 0 aliphatic heterocycles. The van der Waals surface area contributed by atoms with Gasteiger partial charge in [0.1, 0.15) is 0 Å². The first-order chi connectivity index (χ1) is 4.09. The van der Waals surface area contributed by atoms with Crippen LogP contribution in [0.1, 0.15) is 0 Å². The van der Waals surface area contributed by atoms with Crippen molar-refractivity contribution < 1.29 is 9.59 Å². The van der Waals surface area contributed by atoms with E-state index in [2.05, 4.69) is 11.5 Å². The quantitative estimate of drug-likeness (QED) is 0.319. The number of hydrogen-bond donors (Lipinski definition) is 2. The second kappa shape index (κ2) is 2.52. The number of urea groups is 2. The lowest BCUT2D eigenvalue weighted by Crippen LogP contribution is -2.40. The number of carbonyl (C=O) groups is 2. The summed E-state index contributed by atoms with van der Waals surface area (Å²) in [7, 11) is 0. The Bertz CT molecular complexity index is 167. The second-order valence-corrected chi connectivity index (χ2v) is 1.11. The number of amides is 4. The lowest BCUT2D eigenvalue weighted by molar-refractivity contribution is 0.213. The monoisotopic (exact) mass is 128 g/mol. The maximum Gasteiger partial charge on any atom is 0.336 e. The van der Waals surface area contributed by atoms with Crippen LogP contribution in [-0.4, -0.2) is 17.0 Å². The van der Waals surface area contributed by atoms with Crippen LogP contribution in [-0.2, 0) is 0 Å². The van der Waals surface area contributed by atoms with Gasteiger partial charge in [-0.15, -0.1) is 4.90 Å². The Labute approximate surface area is 50.6 Å². The van der Waals surface area contributed by atoms with Crippen molar-refractivity contribution in [1.29, 1.82) is 5.26 Å². The predicted molar refractivity (Wildman–Crippen MR) is 26.6 cm³/mol. The molecule has 0 atom stereocenters. The predicted octanol–water partition coefficient (Wildman–Crippen LogP) is -1.07. The molecule has 0 spiro atoms. The van der Waals surface area contributed by atoms with Gasteiger partial charge in [-0.05, 0) is 0 Å². The molecule has 4 N–H and O–H groups in total. The van der Waals surface area contributed by atoms with Gasteiger partial charge in [-0.25, -0.2) is 9.59 Å². The lowest BCUT2D eigenvalue weighted by atomic mass is 10.8. The van der Waals surface area contributed by atoms with E-state index in [9.17, 15) is 9.59 Å². The zero-order valence-electron chi connectivity index (χ0n) is 4.37. The molecule has 0 rings (SSSR count). The summed E-state index contributed by atoms with van der Waals surface area (Å²) in [5.41, 5.74) is 9.02. The van der Waals surface area contributed by atoms with Gasteiger partial charge in [0.2, 0.25) is 0 Å². The highest BCUT2D eigenvalue weighted by atomic mass is 16.2. The molecular formula is C3H4N4O2. The van der Waals surface area contributed by atoms with Crippen LogP contribution in [0.4, 0.5) is 9.59 Å². The minimum absolute atomic E-state index is 0.0417. The molecule has 0 heterocycles. The number of nitrogens with two attached hydrogens (primary N) is 2. The number of primary amides is 2. The Balaban J connectivity index is 4.22. The van der Waals surface area contributed by atoms with Gasteiger partial charge in [-0.1, -0.05) is 0 Å². The molecule has 0 aliphatic carbocycles. The zero-order chi connectivity index (χ0) is 7.44. The van der Waals surface area contributed by atoms with Gasteiger partial charge in [0, 0.05) is 0 Å². The Morgan fingerprint density at radius 3 is 1.67 bits per heavy atom. The maximum absolute atomic E-state index is 10.00. The van der Waals surface area contributed by atoms with E-state index >= 15 is 0 Å². The molecule has 0 fully saturated rings. The fraction of sp³-hybridized carbons (Fsp3) is 0. The fourth-order valence-electron chi connectivity index (χ4n) is 0.207. The number of nitrogens with zero attached hydrogens (tertiary/aromatic N) is 2. The summed E-state index contributed by atoms with van der Waals surface area (Å²) in [6, 6.07) is -2.35. The number of hydrogen-bond acceptors (Lipinski definition) is 3. The average Bonchev–Trinajstić information content (AvgIpc) is 1.64. The lowest BCUT2D eigenvalue weighted by Gasteiger charge is -2.01. The van der Waals surface area contributed by atoms with E-state index < -0.39 is 12.1 Å². The minimum atomic E-state index is -1.18. The van der Waals surface area contributed by atoms with Gasteiger partial charge in [0.05, 0.1) is 0 Å². The van der Waals surface area contributed by atoms with Gasteiger partial charge in [0.15, 0.2) is 6.19 Å². The molecule has 0 saturated carbocycles. The first-order valence-electron chi connectivity index (χ1n) is 1.88. The topological polar surface area (TPSA) is 113 Å². The van der Waals surface area contributed by atoms with Crippen molar-refractivity contribution in [3.05, 3.63) is 0 Å². The van der Waals surface area contributed by atoms with Crippen LogP contribution in [0.3, 0.4) is 0 Å². The first kappa shape index (κ1) is 7.23. The minimum Gasteiger partial charge on any atom is -0.350 e. The van der Waals surface area contributed by atoms with Crippen LogP contribution in [0.25, 0.3) is 0 Å². The second-order valence-electron chi connectivity index (χ2n) is 1.11. The van der Waals surface area contributed by atoms with E-state index in [0.717, 1.165) is 0 Å². The Kier molecular flexibility index (Phi) is 2.02. The summed E-state index contributed by atoms with van der Waals surface area (Å²) in [6.45, 7) is 0. The molecule has 9 heavy (non-hydrogen) atoms. The fourth-order valence-corrected chi connectivity index (χ4v) is 0.207. The van der Waals surface area contributed by atoms with Crippen molar-refractivity contribution in [2.75, 3.05) is 0 Å². The molecule has 0 unspecified atom stereocenters. The van der Waals surface area contributed by atoms with Gasteiger partial charge in [-0.2, -0.15) is 5.26 Å². The van der Waals surface area contributed by atoms with Crippen LogP contribution in [0.15, 0.2) is 0 Å². The maximum atomic E-state index is 10.00. The molecule has 0 aromatic heterocycles. The van der Waals surface area contributed by atoms with Crippen molar-refractivity contribution in [1.82, 2.24) is 4.90 Å². The molecule has 6 heteroatoms. The molecule has 4 amide bonds. The van der Waals surface area contributed by atoms with Crippen molar-refractivity contribution in [3.63, 3.8) is 0 Å². The largest absolute Gasteiger partial charge is 0.350 e. The zero-order valence-corrected chi connectivity index (χ0v) is 4.37. The molecule has 0 bridgehead atoms. The number of carbonyl (C=O) groups excluding carboxylic acids is 2. The standard InChI is InChI=1S/C3H4N4O2/c4-1-7(2(5)8)3(6)9/h(H2,5,8)(H2,6,9). The summed E-state index contributed by atoms with van der Waals surface area (Å²) in [5, 5.41) is 7.94. The van der Waals surface area contributed by atoms with Crippen LogP contribution in [0.2, 0.25) is 0 Å². The van der Waals surface area contributed by atoms with Gasteiger partial charge in [0.25, 0.3) is 0 Å². The van der Waals surface area contributed by atoms with Crippen LogP contribution in [0.5, 0.6) is 0 Å². The van der Waals surface area contributed by atoms with Crippen molar-refractivity contribution >= 4 is 12.1 Å². The molecule has 0 radical (unpaired) electrons. The highest BCUT2D eigenvalue weighted by molar-refractivity contribution is 5.93. The van der Waals surface area contributed by atoms with Crippen molar-refractivity contribution in [2.24, 2.45) is 11.5 Å². The smallest absolute Gasteiger partial charge is 0.336 e. The SMILES string of the molecule is N#CN(C(N)=O)C(N)=O. The van der Waals surface area contributed by atoms with E-state index in [4.69, 9.17) is 5.26 Å². The number of imide groups is 1. The normalized spacial score (nSPS) is 7.44. The number of rotatable bonds is 0. The van der Waals surface area contributed by atoms with E-state index in [1.807, 2.05) is 0 Å². The third-order valence-corrected chi connectivity index (χ3v) is 0.541. The summed E-state index contributed by atoms with van der Waals surface area (Å²) in [6.07, 6.45) is 1.19. The Hall–Kier alpha value is -1.77. The van der Waals surface area contributed by atoms with E-state index in [1.54, 1.807) is 0 Å². The first-order valence-corrected chi connectivity index (χ1v) is 1.88. The molecule has 0 saturated heterocycles. The molecule has 0 aromatic rings. The van der Waals surface area contributed by atoms with Crippen LogP contribution in [0, 0.1) is 11.5 Å². The molecule has 0 aromatic carbocycles. The van der Waals surface area contributed by atoms with E-state index in [0.29, 0.717) is 0 Å². The van der Waals surface area contributed by atoms with Gasteiger partial charge < -0.3 is 11.5 Å². The van der Waals surface area contributed by atoms with Crippen molar-refractivity contribution in [3.8, 4) is 6.19 Å². The summed E-state index contributed by atoms with van der Waals surface area (Å²) in [5.74, 6) is 0. The van der Waals surface area contributed by atoms with Crippen molar-refractivity contribution in [2.45, 2.75) is 0 Å². The molecule has 0 aliphatic rings. The molecule has 6 nitrogen and oxygen atoms in total.